The molecule has 2 N–H and O–H groups in total. The minimum atomic E-state index is -1.90. The van der Waals surface area contributed by atoms with Gasteiger partial charge < -0.3 is 19.4 Å². The summed E-state index contributed by atoms with van der Waals surface area (Å²) in [7, 11) is -0.660. The first-order valence-electron chi connectivity index (χ1n) is 3.70. The highest BCUT2D eigenvalue weighted by Gasteiger charge is 2.12. The standard InChI is InChI=1S/C7H8BNO5/c1-13-7(10)6-3-2-5(4-9-6)14-8(11)12/h2-4,11-12H,1H3. The molecule has 0 saturated carbocycles. The molecule has 0 aliphatic heterocycles. The number of esters is 1. The predicted molar refractivity (Wildman–Crippen MR) is 46.4 cm³/mol. The number of pyridine rings is 1. The van der Waals surface area contributed by atoms with Gasteiger partial charge in [-0.2, -0.15) is 0 Å². The van der Waals surface area contributed by atoms with Gasteiger partial charge in [-0.1, -0.05) is 0 Å². The van der Waals surface area contributed by atoms with Gasteiger partial charge in [-0.25, -0.2) is 9.78 Å². The van der Waals surface area contributed by atoms with Gasteiger partial charge in [0.15, 0.2) is 0 Å². The van der Waals surface area contributed by atoms with Crippen LogP contribution in [0.2, 0.25) is 0 Å². The second-order valence-corrected chi connectivity index (χ2v) is 2.31. The van der Waals surface area contributed by atoms with Crippen LogP contribution < -0.4 is 4.65 Å². The van der Waals surface area contributed by atoms with Crippen molar-refractivity contribution in [2.45, 2.75) is 0 Å². The lowest BCUT2D eigenvalue weighted by Crippen LogP contribution is -2.20. The monoisotopic (exact) mass is 197 g/mol. The first-order chi connectivity index (χ1) is 6.63. The number of aromatic nitrogens is 1. The Morgan fingerprint density at radius 2 is 2.21 bits per heavy atom. The molecule has 6 nitrogen and oxygen atoms in total. The van der Waals surface area contributed by atoms with Gasteiger partial charge in [0.05, 0.1) is 13.3 Å². The lowest BCUT2D eigenvalue weighted by atomic mass is 10.2. The fraction of sp³-hybridized carbons (Fsp3) is 0.143. The van der Waals surface area contributed by atoms with Crippen molar-refractivity contribution in [2.24, 2.45) is 0 Å². The van der Waals surface area contributed by atoms with Gasteiger partial charge >= 0.3 is 13.3 Å². The van der Waals surface area contributed by atoms with Crippen molar-refractivity contribution in [1.82, 2.24) is 4.98 Å². The third-order valence-corrected chi connectivity index (χ3v) is 1.37. The Bertz CT molecular complexity index is 312. The van der Waals surface area contributed by atoms with Crippen molar-refractivity contribution in [2.75, 3.05) is 7.11 Å². The minimum absolute atomic E-state index is 0.118. The van der Waals surface area contributed by atoms with Crippen molar-refractivity contribution in [3.63, 3.8) is 0 Å². The molecule has 0 aliphatic rings. The highest BCUT2D eigenvalue weighted by molar-refractivity contribution is 6.33. The average Bonchev–Trinajstić information content (AvgIpc) is 2.17. The van der Waals surface area contributed by atoms with E-state index in [0.29, 0.717) is 0 Å². The van der Waals surface area contributed by atoms with Crippen LogP contribution in [0.1, 0.15) is 10.5 Å². The number of carbonyl (C=O) groups is 1. The van der Waals surface area contributed by atoms with E-state index < -0.39 is 13.3 Å². The number of nitrogens with zero attached hydrogens (tertiary/aromatic N) is 1. The summed E-state index contributed by atoms with van der Waals surface area (Å²) in [6.07, 6.45) is 1.19. The molecule has 0 amide bonds. The van der Waals surface area contributed by atoms with E-state index >= 15 is 0 Å². The smallest absolute Gasteiger partial charge is 0.511 e. The lowest BCUT2D eigenvalue weighted by molar-refractivity contribution is 0.0594. The third kappa shape index (κ3) is 2.72. The fourth-order valence-corrected chi connectivity index (χ4v) is 0.797. The summed E-state index contributed by atoms with van der Waals surface area (Å²) in [6, 6.07) is 2.72. The molecule has 1 aromatic rings. The highest BCUT2D eigenvalue weighted by atomic mass is 16.6. The van der Waals surface area contributed by atoms with Crippen LogP contribution in [0.4, 0.5) is 0 Å². The molecule has 0 fully saturated rings. The molecule has 0 radical (unpaired) electrons. The quantitative estimate of drug-likeness (QED) is 0.487. The molecule has 0 spiro atoms. The Morgan fingerprint density at radius 3 is 2.64 bits per heavy atom. The number of hydrogen-bond donors (Lipinski definition) is 2. The Labute approximate surface area is 80.3 Å². The van der Waals surface area contributed by atoms with E-state index in [2.05, 4.69) is 14.4 Å². The van der Waals surface area contributed by atoms with Crippen molar-refractivity contribution >= 4 is 13.3 Å². The molecule has 1 heterocycles. The second kappa shape index (κ2) is 4.59. The number of carbonyl (C=O) groups excluding carboxylic acids is 1. The van der Waals surface area contributed by atoms with Crippen LogP contribution in [0, 0.1) is 0 Å². The van der Waals surface area contributed by atoms with Gasteiger partial charge in [-0.15, -0.1) is 0 Å². The largest absolute Gasteiger partial charge is 0.707 e. The molecule has 0 aromatic carbocycles. The summed E-state index contributed by atoms with van der Waals surface area (Å²) in [5, 5.41) is 16.9. The zero-order valence-corrected chi connectivity index (χ0v) is 7.38. The van der Waals surface area contributed by atoms with Crippen molar-refractivity contribution in [3.8, 4) is 5.75 Å². The van der Waals surface area contributed by atoms with Gasteiger partial charge in [-0.05, 0) is 12.1 Å². The van der Waals surface area contributed by atoms with Crippen LogP contribution >= 0.6 is 0 Å². The molecule has 1 rings (SSSR count). The second-order valence-electron chi connectivity index (χ2n) is 2.31. The Balaban J connectivity index is 2.73. The zero-order chi connectivity index (χ0) is 10.6. The molecule has 0 atom stereocenters. The highest BCUT2D eigenvalue weighted by Crippen LogP contribution is 2.09. The van der Waals surface area contributed by atoms with Crippen molar-refractivity contribution in [3.05, 3.63) is 24.0 Å². The fourth-order valence-electron chi connectivity index (χ4n) is 0.797. The van der Waals surface area contributed by atoms with Crippen LogP contribution in [-0.2, 0) is 4.74 Å². The maximum atomic E-state index is 10.9. The van der Waals surface area contributed by atoms with Gasteiger partial charge in [0, 0.05) is 0 Å². The van der Waals surface area contributed by atoms with Crippen molar-refractivity contribution in [1.29, 1.82) is 0 Å². The Morgan fingerprint density at radius 1 is 1.50 bits per heavy atom. The summed E-state index contributed by atoms with van der Waals surface area (Å²) in [5.41, 5.74) is 0.118. The maximum Gasteiger partial charge on any atom is 0.707 e. The minimum Gasteiger partial charge on any atom is -0.511 e. The molecule has 0 bridgehead atoms. The van der Waals surface area contributed by atoms with Gasteiger partial charge in [0.1, 0.15) is 11.4 Å². The number of hydrogen-bond acceptors (Lipinski definition) is 6. The van der Waals surface area contributed by atoms with Crippen molar-refractivity contribution < 1.29 is 24.2 Å². The van der Waals surface area contributed by atoms with Gasteiger partial charge in [0.2, 0.25) is 0 Å². The van der Waals surface area contributed by atoms with E-state index in [-0.39, 0.29) is 11.4 Å². The Hall–Kier alpha value is -1.60. The van der Waals surface area contributed by atoms with E-state index in [1.54, 1.807) is 0 Å². The predicted octanol–water partition coefficient (Wildman–Crippen LogP) is -0.784. The van der Waals surface area contributed by atoms with Crippen LogP contribution in [0.3, 0.4) is 0 Å². The summed E-state index contributed by atoms with van der Waals surface area (Å²) >= 11 is 0. The summed E-state index contributed by atoms with van der Waals surface area (Å²) < 4.78 is 8.90. The first-order valence-corrected chi connectivity index (χ1v) is 3.70. The van der Waals surface area contributed by atoms with E-state index in [4.69, 9.17) is 10.0 Å². The number of methoxy groups -OCH3 is 1. The SMILES string of the molecule is COC(=O)c1ccc(OB(O)O)cn1. The number of ether oxygens (including phenoxy) is 1. The summed E-state index contributed by atoms with van der Waals surface area (Å²) in [6.45, 7) is 0. The Kier molecular flexibility index (Phi) is 3.44. The molecule has 0 saturated heterocycles. The van der Waals surface area contributed by atoms with Crippen LogP contribution in [0.25, 0.3) is 0 Å². The molecule has 0 unspecified atom stereocenters. The van der Waals surface area contributed by atoms with E-state index in [0.717, 1.165) is 0 Å². The normalized spacial score (nSPS) is 9.36. The van der Waals surface area contributed by atoms with E-state index in [1.165, 1.54) is 25.4 Å². The molecule has 7 heteroatoms. The zero-order valence-electron chi connectivity index (χ0n) is 7.38. The third-order valence-electron chi connectivity index (χ3n) is 1.37. The molecule has 74 valence electrons. The lowest BCUT2D eigenvalue weighted by Gasteiger charge is -2.03. The average molecular weight is 197 g/mol. The van der Waals surface area contributed by atoms with Gasteiger partial charge in [0.25, 0.3) is 0 Å². The molecular formula is C7H8BNO5. The number of rotatable bonds is 3. The molecular weight excluding hydrogens is 189 g/mol. The topological polar surface area (TPSA) is 88.9 Å². The van der Waals surface area contributed by atoms with E-state index in [9.17, 15) is 4.79 Å². The van der Waals surface area contributed by atoms with Crippen LogP contribution in [0.5, 0.6) is 5.75 Å². The van der Waals surface area contributed by atoms with Crippen LogP contribution in [0.15, 0.2) is 18.3 Å². The summed E-state index contributed by atoms with van der Waals surface area (Å²) in [4.78, 5) is 14.6. The first kappa shape index (κ1) is 10.5. The summed E-state index contributed by atoms with van der Waals surface area (Å²) in [5.74, 6) is -0.422. The van der Waals surface area contributed by atoms with Gasteiger partial charge in [-0.3, -0.25) is 0 Å². The molecule has 14 heavy (non-hydrogen) atoms. The van der Waals surface area contributed by atoms with Crippen LogP contribution in [-0.4, -0.2) is 35.4 Å². The maximum absolute atomic E-state index is 10.9. The molecule has 0 aliphatic carbocycles. The molecule has 1 aromatic heterocycles. The van der Waals surface area contributed by atoms with E-state index in [1.807, 2.05) is 0 Å².